The number of hydrogen-bond acceptors (Lipinski definition) is 9. The van der Waals surface area contributed by atoms with Crippen molar-refractivity contribution in [2.75, 3.05) is 7.11 Å². The zero-order chi connectivity index (χ0) is 35.9. The predicted molar refractivity (Wildman–Crippen MR) is 187 cm³/mol. The molecule has 0 radical (unpaired) electrons. The monoisotopic (exact) mass is 680 g/mol. The Morgan fingerprint density at radius 1 is 1.19 bits per heavy atom. The fraction of sp³-hybridized carbons (Fsp3) is 0.784. The highest BCUT2D eigenvalue weighted by Gasteiger charge is 2.50. The molecule has 0 spiro atoms. The van der Waals surface area contributed by atoms with Crippen molar-refractivity contribution in [1.82, 2.24) is 0 Å². The van der Waals surface area contributed by atoms with Gasteiger partial charge in [0.15, 0.2) is 8.32 Å². The second-order valence-electron chi connectivity index (χ2n) is 15.5. The quantitative estimate of drug-likeness (QED) is 0.0764. The van der Waals surface area contributed by atoms with Crippen molar-refractivity contribution in [2.24, 2.45) is 17.8 Å². The van der Waals surface area contributed by atoms with Crippen LogP contribution in [0.4, 0.5) is 0 Å². The number of rotatable bonds is 12. The number of aliphatic hydroxyl groups is 2. The Morgan fingerprint density at radius 3 is 2.38 bits per heavy atom. The van der Waals surface area contributed by atoms with E-state index in [4.69, 9.17) is 23.4 Å². The fourth-order valence-electron chi connectivity index (χ4n) is 6.00. The van der Waals surface area contributed by atoms with Gasteiger partial charge in [-0.1, -0.05) is 72.8 Å². The molecule has 0 aromatic carbocycles. The first-order chi connectivity index (χ1) is 21.6. The van der Waals surface area contributed by atoms with Crippen LogP contribution in [0.1, 0.15) is 94.9 Å². The number of ether oxygens (including phenoxy) is 4. The Morgan fingerprint density at radius 2 is 1.83 bits per heavy atom. The molecular formula is C37H64O9Si. The SMILES string of the molecule is CC[C@H](OC)[C@@H](C)[C@H]1O[C@@H]1C(O)C(C)C=CC=C(C)C1OC(=O)C[C@H](O[Si](C)(C)C(C)(C)C)CC[C@@](C)(O)[C@@H](OC(C)=O)C=C[C@@H]1C. The highest BCUT2D eigenvalue weighted by atomic mass is 28.4. The number of allylic oxidation sites excluding steroid dienone is 2. The summed E-state index contributed by atoms with van der Waals surface area (Å²) in [6.45, 7) is 23.6. The average Bonchev–Trinajstić information content (AvgIpc) is 3.76. The molecule has 0 saturated carbocycles. The summed E-state index contributed by atoms with van der Waals surface area (Å²) in [5.74, 6) is -1.14. The van der Waals surface area contributed by atoms with Gasteiger partial charge in [0.05, 0.1) is 30.8 Å². The molecule has 1 saturated heterocycles. The lowest BCUT2D eigenvalue weighted by Crippen LogP contribution is -2.46. The Kier molecular flexibility index (Phi) is 15.1. The molecule has 2 rings (SSSR count). The van der Waals surface area contributed by atoms with Gasteiger partial charge in [0, 0.05) is 31.8 Å². The van der Waals surface area contributed by atoms with Gasteiger partial charge in [-0.2, -0.15) is 0 Å². The zero-order valence-corrected chi connectivity index (χ0v) is 32.2. The summed E-state index contributed by atoms with van der Waals surface area (Å²) in [5, 5.41) is 22.4. The van der Waals surface area contributed by atoms with Crippen LogP contribution < -0.4 is 0 Å². The van der Waals surface area contributed by atoms with Gasteiger partial charge in [-0.05, 0) is 62.9 Å². The predicted octanol–water partition coefficient (Wildman–Crippen LogP) is 6.68. The minimum Gasteiger partial charge on any atom is -0.457 e. The molecular weight excluding hydrogens is 616 g/mol. The number of carbonyl (C=O) groups excluding carboxylic acids is 2. The van der Waals surface area contributed by atoms with Crippen molar-refractivity contribution >= 4 is 20.3 Å². The maximum absolute atomic E-state index is 13.5. The molecule has 3 unspecified atom stereocenters. The van der Waals surface area contributed by atoms with E-state index in [0.29, 0.717) is 6.42 Å². The highest BCUT2D eigenvalue weighted by Crippen LogP contribution is 2.39. The molecule has 1 fully saturated rings. The molecule has 2 heterocycles. The number of aliphatic hydroxyl groups excluding tert-OH is 1. The lowest BCUT2D eigenvalue weighted by atomic mass is 9.88. The van der Waals surface area contributed by atoms with Crippen LogP contribution in [0, 0.1) is 17.8 Å². The second kappa shape index (κ2) is 17.2. The van der Waals surface area contributed by atoms with E-state index >= 15 is 0 Å². The Bertz CT molecular complexity index is 1120. The molecule has 0 aromatic heterocycles. The van der Waals surface area contributed by atoms with Gasteiger partial charge in [-0.25, -0.2) is 0 Å². The van der Waals surface area contributed by atoms with Gasteiger partial charge in [0.25, 0.3) is 0 Å². The number of methoxy groups -OCH3 is 1. The minimum absolute atomic E-state index is 0.0349. The van der Waals surface area contributed by atoms with Gasteiger partial charge in [0.2, 0.25) is 0 Å². The summed E-state index contributed by atoms with van der Waals surface area (Å²) >= 11 is 0. The van der Waals surface area contributed by atoms with Crippen molar-refractivity contribution < 1.29 is 43.2 Å². The van der Waals surface area contributed by atoms with E-state index in [2.05, 4.69) is 47.7 Å². The largest absolute Gasteiger partial charge is 0.457 e. The standard InChI is InChI=1S/C37H64O9Si/c1-14-29(42-11)26(5)34-35(45-34)32(40)23(2)16-15-17-24(3)33-25(4)18-19-30(43-27(6)38)37(10,41)21-20-28(22-31(39)44-33)46-47(12,13)36(7,8)9/h15-19,23,25-26,28-30,32-35,40-41H,14,20-22H2,1-13H3/t23?,25-,26+,28+,29-,30-,32?,33?,34+,35+,37+/m0/s1. The molecule has 9 nitrogen and oxygen atoms in total. The van der Waals surface area contributed by atoms with Crippen molar-refractivity contribution in [3.8, 4) is 0 Å². The molecule has 0 bridgehead atoms. The van der Waals surface area contributed by atoms with Crippen molar-refractivity contribution in [3.63, 3.8) is 0 Å². The number of hydrogen-bond donors (Lipinski definition) is 2. The first-order valence-electron chi connectivity index (χ1n) is 17.3. The van der Waals surface area contributed by atoms with E-state index in [0.717, 1.165) is 12.0 Å². The van der Waals surface area contributed by atoms with Gasteiger partial charge >= 0.3 is 11.9 Å². The Hall–Kier alpha value is -1.82. The highest BCUT2D eigenvalue weighted by molar-refractivity contribution is 6.74. The lowest BCUT2D eigenvalue weighted by molar-refractivity contribution is -0.157. The summed E-state index contributed by atoms with van der Waals surface area (Å²) in [4.78, 5) is 25.5. The van der Waals surface area contributed by atoms with Crippen molar-refractivity contribution in [3.05, 3.63) is 36.0 Å². The summed E-state index contributed by atoms with van der Waals surface area (Å²) in [5.41, 5.74) is -0.563. The third-order valence-corrected chi connectivity index (χ3v) is 14.9. The summed E-state index contributed by atoms with van der Waals surface area (Å²) in [6, 6.07) is 0. The molecule has 0 amide bonds. The molecule has 2 N–H and O–H groups in total. The Labute approximate surface area is 285 Å². The van der Waals surface area contributed by atoms with E-state index in [-0.39, 0.29) is 59.9 Å². The van der Waals surface area contributed by atoms with Crippen LogP contribution >= 0.6 is 0 Å². The van der Waals surface area contributed by atoms with Crippen LogP contribution in [-0.2, 0) is 33.0 Å². The third kappa shape index (κ3) is 11.9. The van der Waals surface area contributed by atoms with E-state index in [1.54, 1.807) is 20.1 Å². The molecule has 2 aliphatic heterocycles. The summed E-state index contributed by atoms with van der Waals surface area (Å²) in [7, 11) is -0.555. The Balaban J connectivity index is 2.31. The molecule has 11 atom stereocenters. The molecule has 0 aromatic rings. The first kappa shape index (κ1) is 41.3. The second-order valence-corrected chi connectivity index (χ2v) is 20.3. The topological polar surface area (TPSA) is 124 Å². The number of carbonyl (C=O) groups is 2. The summed E-state index contributed by atoms with van der Waals surface area (Å²) < 4.78 is 29.8. The fourth-order valence-corrected chi connectivity index (χ4v) is 7.39. The van der Waals surface area contributed by atoms with Crippen LogP contribution in [-0.4, -0.2) is 85.9 Å². The van der Waals surface area contributed by atoms with Crippen molar-refractivity contribution in [2.45, 2.75) is 161 Å². The van der Waals surface area contributed by atoms with Gasteiger partial charge in [-0.15, -0.1) is 0 Å². The van der Waals surface area contributed by atoms with E-state index < -0.39 is 44.3 Å². The van der Waals surface area contributed by atoms with Crippen LogP contribution in [0.5, 0.6) is 0 Å². The van der Waals surface area contributed by atoms with E-state index in [1.165, 1.54) is 6.92 Å². The molecule has 270 valence electrons. The minimum atomic E-state index is -2.26. The van der Waals surface area contributed by atoms with Gasteiger partial charge < -0.3 is 33.6 Å². The lowest BCUT2D eigenvalue weighted by Gasteiger charge is -2.40. The number of epoxide rings is 1. The first-order valence-corrected chi connectivity index (χ1v) is 20.2. The van der Waals surface area contributed by atoms with E-state index in [1.807, 2.05) is 45.1 Å². The maximum atomic E-state index is 13.5. The molecule has 47 heavy (non-hydrogen) atoms. The van der Waals surface area contributed by atoms with Crippen LogP contribution in [0.3, 0.4) is 0 Å². The van der Waals surface area contributed by atoms with E-state index in [9.17, 15) is 19.8 Å². The van der Waals surface area contributed by atoms with Crippen LogP contribution in [0.15, 0.2) is 36.0 Å². The smallest absolute Gasteiger partial charge is 0.308 e. The number of cyclic esters (lactones) is 1. The molecule has 0 aliphatic carbocycles. The normalized spacial score (nSPS) is 32.5. The third-order valence-electron chi connectivity index (χ3n) is 10.3. The zero-order valence-electron chi connectivity index (χ0n) is 31.2. The molecule has 2 aliphatic rings. The van der Waals surface area contributed by atoms with Crippen LogP contribution in [0.2, 0.25) is 18.1 Å². The summed E-state index contributed by atoms with van der Waals surface area (Å²) in [6.07, 6.45) is 8.01. The molecule has 10 heteroatoms. The van der Waals surface area contributed by atoms with Gasteiger partial charge in [-0.3, -0.25) is 9.59 Å². The van der Waals surface area contributed by atoms with Crippen LogP contribution in [0.25, 0.3) is 0 Å². The maximum Gasteiger partial charge on any atom is 0.308 e. The van der Waals surface area contributed by atoms with Crippen molar-refractivity contribution in [1.29, 1.82) is 0 Å². The average molecular weight is 681 g/mol. The van der Waals surface area contributed by atoms with Gasteiger partial charge in [0.1, 0.15) is 23.9 Å². The number of esters is 2.